The van der Waals surface area contributed by atoms with Crippen LogP contribution in [0.2, 0.25) is 0 Å². The number of rotatable bonds is 4. The Balaban J connectivity index is 1.20. The van der Waals surface area contributed by atoms with Crippen molar-refractivity contribution in [2.24, 2.45) is 0 Å². The van der Waals surface area contributed by atoms with Crippen LogP contribution in [0.15, 0.2) is 47.4 Å². The zero-order valence-electron chi connectivity index (χ0n) is 16.3. The molecule has 2 atom stereocenters. The number of benzene rings is 1. The Morgan fingerprint density at radius 2 is 2.07 bits per heavy atom. The Hall–Kier alpha value is -3.24. The van der Waals surface area contributed by atoms with E-state index in [2.05, 4.69) is 14.9 Å². The predicted molar refractivity (Wildman–Crippen MR) is 110 cm³/mol. The van der Waals surface area contributed by atoms with Gasteiger partial charge in [-0.2, -0.15) is 5.26 Å². The van der Waals surface area contributed by atoms with Crippen molar-refractivity contribution in [3.8, 4) is 11.9 Å². The minimum absolute atomic E-state index is 0.111. The molecule has 1 saturated heterocycles. The van der Waals surface area contributed by atoms with Gasteiger partial charge in [0.2, 0.25) is 5.88 Å². The van der Waals surface area contributed by atoms with Gasteiger partial charge in [-0.25, -0.2) is 9.37 Å². The lowest BCUT2D eigenvalue weighted by atomic mass is 9.99. The van der Waals surface area contributed by atoms with Crippen molar-refractivity contribution in [2.45, 2.75) is 37.3 Å². The highest BCUT2D eigenvalue weighted by Crippen LogP contribution is 2.38. The zero-order chi connectivity index (χ0) is 20.7. The van der Waals surface area contributed by atoms with Crippen molar-refractivity contribution in [3.63, 3.8) is 0 Å². The fourth-order valence-electron chi connectivity index (χ4n) is 4.57. The highest BCUT2D eigenvalue weighted by Gasteiger charge is 2.38. The van der Waals surface area contributed by atoms with Gasteiger partial charge in [0.05, 0.1) is 5.56 Å². The molecule has 0 radical (unpaired) electrons. The largest absolute Gasteiger partial charge is 0.472 e. The van der Waals surface area contributed by atoms with Gasteiger partial charge in [-0.05, 0) is 48.9 Å². The standard InChI is InChI=1S/C23H21FN4O2/c24-17-4-2-15-8-21(27-23(29)20(15)9-17)16-3-5-18(7-16)28-12-19(13-28)30-22-6-1-14(10-25)11-26-22/h1-2,4,6,8-9,11,16,18-19H,3,5,7,12-13H2,(H,27,29)/t16-,18-/m1/s1. The van der Waals surface area contributed by atoms with Gasteiger partial charge in [0.15, 0.2) is 0 Å². The molecule has 2 aliphatic rings. The van der Waals surface area contributed by atoms with Crippen molar-refractivity contribution >= 4 is 10.8 Å². The number of aromatic nitrogens is 2. The molecule has 0 unspecified atom stereocenters. The van der Waals surface area contributed by atoms with Gasteiger partial charge in [0, 0.05) is 48.4 Å². The molecule has 3 aromatic rings. The second-order valence-corrected chi connectivity index (χ2v) is 8.14. The van der Waals surface area contributed by atoms with Crippen LogP contribution in [0.3, 0.4) is 0 Å². The normalized spacial score (nSPS) is 22.0. The number of hydrogen-bond donors (Lipinski definition) is 1. The van der Waals surface area contributed by atoms with Crippen LogP contribution < -0.4 is 10.3 Å². The van der Waals surface area contributed by atoms with E-state index < -0.39 is 5.82 Å². The topological polar surface area (TPSA) is 82.0 Å². The molecule has 1 aromatic carbocycles. The third-order valence-corrected chi connectivity index (χ3v) is 6.22. The lowest BCUT2D eigenvalue weighted by Gasteiger charge is -2.42. The minimum Gasteiger partial charge on any atom is -0.472 e. The molecular weight excluding hydrogens is 383 g/mol. The molecule has 0 spiro atoms. The first-order chi connectivity index (χ1) is 14.6. The summed E-state index contributed by atoms with van der Waals surface area (Å²) in [5.74, 6) is 0.456. The summed E-state index contributed by atoms with van der Waals surface area (Å²) in [6.07, 6.45) is 4.72. The number of likely N-dealkylation sites (tertiary alicyclic amines) is 1. The molecule has 2 aromatic heterocycles. The van der Waals surface area contributed by atoms with Gasteiger partial charge in [-0.15, -0.1) is 0 Å². The smallest absolute Gasteiger partial charge is 0.256 e. The number of nitrogens with one attached hydrogen (secondary N) is 1. The highest BCUT2D eigenvalue weighted by atomic mass is 19.1. The molecule has 5 rings (SSSR count). The van der Waals surface area contributed by atoms with E-state index in [1.165, 1.54) is 18.3 Å². The van der Waals surface area contributed by atoms with E-state index in [-0.39, 0.29) is 11.7 Å². The molecule has 1 aliphatic carbocycles. The van der Waals surface area contributed by atoms with Gasteiger partial charge in [-0.3, -0.25) is 9.69 Å². The van der Waals surface area contributed by atoms with Crippen molar-refractivity contribution in [1.82, 2.24) is 14.9 Å². The first-order valence-electron chi connectivity index (χ1n) is 10.2. The van der Waals surface area contributed by atoms with Crippen LogP contribution in [0.5, 0.6) is 5.88 Å². The number of halogens is 1. The molecule has 1 aliphatic heterocycles. The molecule has 6 nitrogen and oxygen atoms in total. The van der Waals surface area contributed by atoms with Crippen molar-refractivity contribution in [3.05, 3.63) is 70.0 Å². The number of fused-ring (bicyclic) bond motifs is 1. The summed E-state index contributed by atoms with van der Waals surface area (Å²) in [5.41, 5.74) is 1.24. The van der Waals surface area contributed by atoms with E-state index in [0.717, 1.165) is 43.4 Å². The minimum atomic E-state index is -0.396. The second kappa shape index (κ2) is 7.54. The quantitative estimate of drug-likeness (QED) is 0.721. The number of hydrogen-bond acceptors (Lipinski definition) is 5. The number of nitrogens with zero attached hydrogens (tertiary/aromatic N) is 3. The maximum Gasteiger partial charge on any atom is 0.256 e. The fourth-order valence-corrected chi connectivity index (χ4v) is 4.57. The summed E-state index contributed by atoms with van der Waals surface area (Å²) in [6, 6.07) is 12.3. The van der Waals surface area contributed by atoms with Crippen LogP contribution in [-0.4, -0.2) is 40.1 Å². The molecule has 0 amide bonds. The average Bonchev–Trinajstić information content (AvgIpc) is 3.21. The Morgan fingerprint density at radius 3 is 2.83 bits per heavy atom. The van der Waals surface area contributed by atoms with E-state index in [1.54, 1.807) is 18.2 Å². The van der Waals surface area contributed by atoms with E-state index in [0.29, 0.717) is 28.8 Å². The molecule has 0 bridgehead atoms. The molecular formula is C23H21FN4O2. The summed E-state index contributed by atoms with van der Waals surface area (Å²) < 4.78 is 19.3. The number of H-pyrrole nitrogens is 1. The zero-order valence-corrected chi connectivity index (χ0v) is 16.3. The van der Waals surface area contributed by atoms with Crippen LogP contribution in [0, 0.1) is 17.1 Å². The molecule has 1 saturated carbocycles. The van der Waals surface area contributed by atoms with Crippen molar-refractivity contribution < 1.29 is 9.13 Å². The maximum atomic E-state index is 13.4. The summed E-state index contributed by atoms with van der Waals surface area (Å²) in [7, 11) is 0. The lowest BCUT2D eigenvalue weighted by molar-refractivity contribution is -0.0100. The third kappa shape index (κ3) is 3.55. The molecule has 7 heteroatoms. The highest BCUT2D eigenvalue weighted by molar-refractivity contribution is 5.81. The molecule has 3 heterocycles. The van der Waals surface area contributed by atoms with E-state index in [4.69, 9.17) is 10.00 Å². The number of ether oxygens (including phenoxy) is 1. The van der Waals surface area contributed by atoms with Crippen LogP contribution in [-0.2, 0) is 0 Å². The maximum absolute atomic E-state index is 13.4. The van der Waals surface area contributed by atoms with Crippen LogP contribution in [0.4, 0.5) is 4.39 Å². The Kier molecular flexibility index (Phi) is 4.72. The van der Waals surface area contributed by atoms with Crippen LogP contribution >= 0.6 is 0 Å². The lowest BCUT2D eigenvalue weighted by Crippen LogP contribution is -2.57. The first-order valence-corrected chi connectivity index (χ1v) is 10.2. The molecule has 152 valence electrons. The van der Waals surface area contributed by atoms with E-state index >= 15 is 0 Å². The summed E-state index contributed by atoms with van der Waals surface area (Å²) in [4.78, 5) is 21.9. The van der Waals surface area contributed by atoms with Crippen LogP contribution in [0.1, 0.15) is 36.4 Å². The Bertz CT molecular complexity index is 1180. The van der Waals surface area contributed by atoms with Crippen molar-refractivity contribution in [1.29, 1.82) is 5.26 Å². The number of aromatic amines is 1. The molecule has 30 heavy (non-hydrogen) atoms. The second-order valence-electron chi connectivity index (χ2n) is 8.14. The predicted octanol–water partition coefficient (Wildman–Crippen LogP) is 3.33. The van der Waals surface area contributed by atoms with E-state index in [9.17, 15) is 9.18 Å². The van der Waals surface area contributed by atoms with Gasteiger partial charge < -0.3 is 9.72 Å². The summed E-state index contributed by atoms with van der Waals surface area (Å²) in [5, 5.41) is 10.0. The number of pyridine rings is 2. The summed E-state index contributed by atoms with van der Waals surface area (Å²) in [6.45, 7) is 1.71. The van der Waals surface area contributed by atoms with Crippen molar-refractivity contribution in [2.75, 3.05) is 13.1 Å². The van der Waals surface area contributed by atoms with Gasteiger partial charge >= 0.3 is 0 Å². The van der Waals surface area contributed by atoms with Gasteiger partial charge in [-0.1, -0.05) is 6.07 Å². The SMILES string of the molecule is N#Cc1ccc(OC2CN([C@@H]3CC[C@@H](c4cc5ccc(F)cc5c(=O)[nH]4)C3)C2)nc1. The molecule has 2 fully saturated rings. The first kappa shape index (κ1) is 18.8. The third-order valence-electron chi connectivity index (χ3n) is 6.22. The average molecular weight is 404 g/mol. The molecule has 1 N–H and O–H groups in total. The van der Waals surface area contributed by atoms with E-state index in [1.807, 2.05) is 12.1 Å². The fraction of sp³-hybridized carbons (Fsp3) is 0.348. The monoisotopic (exact) mass is 404 g/mol. The number of nitriles is 1. The van der Waals surface area contributed by atoms with Crippen LogP contribution in [0.25, 0.3) is 10.8 Å². The van der Waals surface area contributed by atoms with Gasteiger partial charge in [0.25, 0.3) is 5.56 Å². The summed E-state index contributed by atoms with van der Waals surface area (Å²) >= 11 is 0. The Morgan fingerprint density at radius 1 is 1.20 bits per heavy atom. The van der Waals surface area contributed by atoms with Gasteiger partial charge in [0.1, 0.15) is 18.0 Å². The Labute approximate surface area is 172 Å².